The van der Waals surface area contributed by atoms with Gasteiger partial charge in [0.05, 0.1) is 18.7 Å². The third kappa shape index (κ3) is 3.90. The Bertz CT molecular complexity index is 1060. The highest BCUT2D eigenvalue weighted by Crippen LogP contribution is 2.42. The molecule has 9 heteroatoms. The van der Waals surface area contributed by atoms with Crippen LogP contribution >= 0.6 is 11.8 Å². The molecule has 5 rings (SSSR count). The van der Waals surface area contributed by atoms with Gasteiger partial charge in [-0.05, 0) is 38.2 Å². The summed E-state index contributed by atoms with van der Waals surface area (Å²) in [4.78, 5) is 27.9. The monoisotopic (exact) mass is 453 g/mol. The third-order valence-electron chi connectivity index (χ3n) is 6.17. The molecule has 1 aromatic heterocycles. The average Bonchev–Trinajstić information content (AvgIpc) is 3.75. The fourth-order valence-corrected chi connectivity index (χ4v) is 5.31. The molecule has 2 saturated carbocycles. The molecule has 168 valence electrons. The molecule has 1 N–H and O–H groups in total. The third-order valence-corrected chi connectivity index (χ3v) is 7.15. The highest BCUT2D eigenvalue weighted by Gasteiger charge is 2.44. The van der Waals surface area contributed by atoms with Crippen molar-refractivity contribution in [2.45, 2.75) is 62.3 Å². The van der Waals surface area contributed by atoms with Crippen LogP contribution in [-0.4, -0.2) is 50.6 Å². The van der Waals surface area contributed by atoms with Crippen LogP contribution in [0.2, 0.25) is 0 Å². The Morgan fingerprint density at radius 2 is 1.94 bits per heavy atom. The van der Waals surface area contributed by atoms with E-state index in [0.29, 0.717) is 22.9 Å². The Labute approximate surface area is 191 Å². The molecular formula is C23H27N5O3S. The van der Waals surface area contributed by atoms with Crippen LogP contribution in [0.3, 0.4) is 0 Å². The van der Waals surface area contributed by atoms with E-state index in [2.05, 4.69) is 27.0 Å². The second kappa shape index (κ2) is 8.61. The van der Waals surface area contributed by atoms with Crippen LogP contribution in [0.5, 0.6) is 0 Å². The summed E-state index contributed by atoms with van der Waals surface area (Å²) in [7, 11) is 1.38. The number of ether oxygens (including phenoxy) is 1. The summed E-state index contributed by atoms with van der Waals surface area (Å²) in [5.74, 6) is 1.57. The summed E-state index contributed by atoms with van der Waals surface area (Å²) in [5, 5.41) is 12.7. The first kappa shape index (κ1) is 21.1. The van der Waals surface area contributed by atoms with Gasteiger partial charge in [-0.2, -0.15) is 0 Å². The number of hydrogen-bond acceptors (Lipinski definition) is 6. The van der Waals surface area contributed by atoms with Gasteiger partial charge in [-0.1, -0.05) is 42.1 Å². The van der Waals surface area contributed by atoms with Gasteiger partial charge in [0.2, 0.25) is 0 Å². The molecular weight excluding hydrogens is 426 g/mol. The van der Waals surface area contributed by atoms with Crippen LogP contribution < -0.4 is 5.32 Å². The molecule has 0 radical (unpaired) electrons. The number of benzene rings is 1. The van der Waals surface area contributed by atoms with E-state index < -0.39 is 12.0 Å². The van der Waals surface area contributed by atoms with Gasteiger partial charge in [-0.25, -0.2) is 9.59 Å². The van der Waals surface area contributed by atoms with E-state index in [1.807, 2.05) is 30.3 Å². The number of aromatic nitrogens is 3. The van der Waals surface area contributed by atoms with E-state index in [9.17, 15) is 9.59 Å². The summed E-state index contributed by atoms with van der Waals surface area (Å²) in [6.07, 6.45) is 4.19. The van der Waals surface area contributed by atoms with Gasteiger partial charge < -0.3 is 14.6 Å². The van der Waals surface area contributed by atoms with Gasteiger partial charge in [0.15, 0.2) is 5.16 Å². The van der Waals surface area contributed by atoms with E-state index in [-0.39, 0.29) is 12.1 Å². The number of methoxy groups -OCH3 is 1. The Hall–Kier alpha value is -2.81. The van der Waals surface area contributed by atoms with Gasteiger partial charge in [0.25, 0.3) is 0 Å². The molecule has 1 atom stereocenters. The quantitative estimate of drug-likeness (QED) is 0.485. The highest BCUT2D eigenvalue weighted by molar-refractivity contribution is 7.99. The van der Waals surface area contributed by atoms with Crippen molar-refractivity contribution in [3.8, 4) is 0 Å². The lowest BCUT2D eigenvalue weighted by Gasteiger charge is -2.36. The van der Waals surface area contributed by atoms with Crippen LogP contribution in [0.1, 0.15) is 56.0 Å². The van der Waals surface area contributed by atoms with Crippen molar-refractivity contribution in [2.24, 2.45) is 0 Å². The van der Waals surface area contributed by atoms with Crippen molar-refractivity contribution in [1.29, 1.82) is 0 Å². The molecule has 2 fully saturated rings. The lowest BCUT2D eigenvalue weighted by atomic mass is 9.95. The molecule has 2 aliphatic carbocycles. The minimum absolute atomic E-state index is 0.119. The van der Waals surface area contributed by atoms with Crippen molar-refractivity contribution in [3.05, 3.63) is 53.0 Å². The number of carbonyl (C=O) groups excluding carboxylic acids is 2. The standard InChI is InChI=1S/C23H27N5O3S/c1-3-27-20(15-9-10-15)25-26-23(27)32-13-17-18(21(29)31-2)19(14-7-5-4-6-8-14)24-22(30)28(17)16-11-12-16/h4-8,15-16,19H,3,9-13H2,1-2H3,(H,24,30)/t19-/m1/s1. The number of thioether (sulfide) groups is 1. The molecule has 1 aliphatic heterocycles. The van der Waals surface area contributed by atoms with E-state index in [1.165, 1.54) is 18.9 Å². The van der Waals surface area contributed by atoms with Crippen LogP contribution in [0.25, 0.3) is 0 Å². The van der Waals surface area contributed by atoms with Gasteiger partial charge in [0, 0.05) is 30.0 Å². The van der Waals surface area contributed by atoms with E-state index in [1.54, 1.807) is 4.90 Å². The summed E-state index contributed by atoms with van der Waals surface area (Å²) < 4.78 is 7.33. The molecule has 0 unspecified atom stereocenters. The average molecular weight is 454 g/mol. The molecule has 0 bridgehead atoms. The van der Waals surface area contributed by atoms with Crippen molar-refractivity contribution in [1.82, 2.24) is 25.0 Å². The zero-order chi connectivity index (χ0) is 22.2. The van der Waals surface area contributed by atoms with E-state index >= 15 is 0 Å². The maximum absolute atomic E-state index is 13.1. The summed E-state index contributed by atoms with van der Waals surface area (Å²) in [5.41, 5.74) is 2.05. The van der Waals surface area contributed by atoms with Gasteiger partial charge in [-0.3, -0.25) is 4.90 Å². The number of nitrogens with one attached hydrogen (secondary N) is 1. The number of nitrogens with zero attached hydrogens (tertiary/aromatic N) is 4. The maximum Gasteiger partial charge on any atom is 0.338 e. The molecule has 2 amide bonds. The normalized spacial score (nSPS) is 21.0. The van der Waals surface area contributed by atoms with Crippen molar-refractivity contribution >= 4 is 23.8 Å². The fourth-order valence-electron chi connectivity index (χ4n) is 4.27. The minimum Gasteiger partial charge on any atom is -0.466 e. The van der Waals surface area contributed by atoms with Crippen molar-refractivity contribution in [2.75, 3.05) is 12.9 Å². The largest absolute Gasteiger partial charge is 0.466 e. The zero-order valence-electron chi connectivity index (χ0n) is 18.3. The van der Waals surface area contributed by atoms with Gasteiger partial charge in [0.1, 0.15) is 5.82 Å². The maximum atomic E-state index is 13.1. The van der Waals surface area contributed by atoms with Crippen LogP contribution in [-0.2, 0) is 16.1 Å². The SMILES string of the molecule is CCn1c(SCC2=C(C(=O)OC)[C@@H](c3ccccc3)NC(=O)N2C2CC2)nnc1C1CC1. The smallest absolute Gasteiger partial charge is 0.338 e. The lowest BCUT2D eigenvalue weighted by Crippen LogP contribution is -2.50. The molecule has 32 heavy (non-hydrogen) atoms. The molecule has 1 aromatic carbocycles. The molecule has 8 nitrogen and oxygen atoms in total. The second-order valence-corrected chi connectivity index (χ2v) is 9.34. The first-order valence-corrected chi connectivity index (χ1v) is 12.1. The number of amides is 2. The van der Waals surface area contributed by atoms with Gasteiger partial charge >= 0.3 is 12.0 Å². The lowest BCUT2D eigenvalue weighted by molar-refractivity contribution is -0.136. The topological polar surface area (TPSA) is 89.4 Å². The van der Waals surface area contributed by atoms with Gasteiger partial charge in [-0.15, -0.1) is 10.2 Å². The fraction of sp³-hybridized carbons (Fsp3) is 0.478. The number of carbonyl (C=O) groups is 2. The molecule has 2 heterocycles. The Balaban J connectivity index is 1.53. The van der Waals surface area contributed by atoms with Crippen LogP contribution in [0.15, 0.2) is 46.8 Å². The number of rotatable bonds is 8. The highest BCUT2D eigenvalue weighted by atomic mass is 32.2. The number of esters is 1. The summed E-state index contributed by atoms with van der Waals surface area (Å²) in [6.45, 7) is 2.89. The van der Waals surface area contributed by atoms with Crippen molar-refractivity contribution in [3.63, 3.8) is 0 Å². The second-order valence-electron chi connectivity index (χ2n) is 8.39. The predicted octanol–water partition coefficient (Wildman–Crippen LogP) is 3.62. The number of hydrogen-bond donors (Lipinski definition) is 1. The van der Waals surface area contributed by atoms with E-state index in [0.717, 1.165) is 48.8 Å². The first-order chi connectivity index (χ1) is 15.6. The van der Waals surface area contributed by atoms with Crippen LogP contribution in [0, 0.1) is 0 Å². The Morgan fingerprint density at radius 3 is 2.56 bits per heavy atom. The molecule has 0 spiro atoms. The minimum atomic E-state index is -0.548. The summed E-state index contributed by atoms with van der Waals surface area (Å²) >= 11 is 1.53. The zero-order valence-corrected chi connectivity index (χ0v) is 19.1. The molecule has 3 aliphatic rings. The number of urea groups is 1. The van der Waals surface area contributed by atoms with Crippen molar-refractivity contribution < 1.29 is 14.3 Å². The summed E-state index contributed by atoms with van der Waals surface area (Å²) in [6, 6.07) is 8.96. The molecule has 0 saturated heterocycles. The van der Waals surface area contributed by atoms with E-state index in [4.69, 9.17) is 4.74 Å². The first-order valence-electron chi connectivity index (χ1n) is 11.1. The van der Waals surface area contributed by atoms with Crippen LogP contribution in [0.4, 0.5) is 4.79 Å². The Morgan fingerprint density at radius 1 is 1.19 bits per heavy atom. The molecule has 2 aromatic rings. The Kier molecular flexibility index (Phi) is 5.67. The predicted molar refractivity (Wildman–Crippen MR) is 120 cm³/mol.